The van der Waals surface area contributed by atoms with Crippen LogP contribution in [-0.2, 0) is 16.6 Å². The number of rotatable bonds is 4. The van der Waals surface area contributed by atoms with Gasteiger partial charge in [0.05, 0.1) is 11.4 Å². The summed E-state index contributed by atoms with van der Waals surface area (Å²) < 4.78 is 4.94. The Hall–Kier alpha value is -2.28. The Morgan fingerprint density at radius 1 is 0.561 bits per heavy atom. The average Bonchev–Trinajstić information content (AvgIpc) is 3.42. The Labute approximate surface area is 263 Å². The van der Waals surface area contributed by atoms with Gasteiger partial charge in [0.2, 0.25) is 0 Å². The van der Waals surface area contributed by atoms with Crippen molar-refractivity contribution in [2.24, 2.45) is 0 Å². The molecule has 0 radical (unpaired) electrons. The van der Waals surface area contributed by atoms with Crippen molar-refractivity contribution in [2.75, 3.05) is 13.2 Å². The summed E-state index contributed by atoms with van der Waals surface area (Å²) in [5.74, 6) is 0. The zero-order chi connectivity index (χ0) is 30.2. The molecule has 4 aromatic heterocycles. The van der Waals surface area contributed by atoms with Crippen LogP contribution >= 0.6 is 46.4 Å². The largest absolute Gasteiger partial charge is 0.381 e. The predicted molar refractivity (Wildman–Crippen MR) is 171 cm³/mol. The van der Waals surface area contributed by atoms with Crippen molar-refractivity contribution in [3.63, 3.8) is 0 Å². The molecule has 0 atom stereocenters. The third-order valence-electron chi connectivity index (χ3n) is 6.33. The number of halogens is 4. The predicted octanol–water partition coefficient (Wildman–Crippen LogP) is 9.51. The van der Waals surface area contributed by atoms with Gasteiger partial charge >= 0.3 is 0 Å². The maximum absolute atomic E-state index is 6.05. The van der Waals surface area contributed by atoms with E-state index >= 15 is 0 Å². The number of pyridine rings is 4. The van der Waals surface area contributed by atoms with E-state index in [0.29, 0.717) is 27.0 Å². The first-order valence-electron chi connectivity index (χ1n) is 13.4. The highest BCUT2D eigenvalue weighted by Crippen LogP contribution is 2.31. The van der Waals surface area contributed by atoms with Gasteiger partial charge in [-0.1, -0.05) is 46.4 Å². The van der Waals surface area contributed by atoms with E-state index in [1.54, 1.807) is 0 Å². The Bertz CT molecular complexity index is 1280. The Kier molecular flexibility index (Phi) is 12.4. The smallest absolute Gasteiger partial charge is 0.129 e. The molecule has 41 heavy (non-hydrogen) atoms. The van der Waals surface area contributed by atoms with Crippen LogP contribution in [0.15, 0.2) is 48.5 Å². The van der Waals surface area contributed by atoms with Crippen molar-refractivity contribution in [3.05, 3.63) is 114 Å². The van der Waals surface area contributed by atoms with Crippen molar-refractivity contribution in [1.82, 2.24) is 19.9 Å². The molecular weight excluding hydrogens is 598 g/mol. The molecule has 0 unspecified atom stereocenters. The third kappa shape index (κ3) is 10.8. The SMILES string of the molecule is C1CCOC1.Cc1cc(Cl)nc(C(C)(C)c2cc(C)cc(Cl)n2)c1.Cc1cc(Cl)nc(Cc2cc(C)cc(Cl)n2)c1. The molecule has 1 saturated heterocycles. The number of hydrogen-bond acceptors (Lipinski definition) is 5. The van der Waals surface area contributed by atoms with Crippen molar-refractivity contribution in [2.45, 2.75) is 66.2 Å². The highest BCUT2D eigenvalue weighted by atomic mass is 35.5. The lowest BCUT2D eigenvalue weighted by Crippen LogP contribution is -2.22. The van der Waals surface area contributed by atoms with Gasteiger partial charge in [-0.15, -0.1) is 0 Å². The molecule has 0 aromatic carbocycles. The molecule has 1 aliphatic rings. The summed E-state index contributed by atoms with van der Waals surface area (Å²) >= 11 is 23.9. The first kappa shape index (κ1) is 33.2. The zero-order valence-corrected chi connectivity index (χ0v) is 27.4. The fraction of sp³-hybridized carbons (Fsp3) is 0.375. The second-order valence-corrected chi connectivity index (χ2v) is 12.3. The number of hydrogen-bond donors (Lipinski definition) is 0. The van der Waals surface area contributed by atoms with E-state index in [2.05, 4.69) is 33.8 Å². The molecule has 0 aliphatic carbocycles. The lowest BCUT2D eigenvalue weighted by molar-refractivity contribution is 0.198. The van der Waals surface area contributed by atoms with Gasteiger partial charge in [-0.05, 0) is 125 Å². The van der Waals surface area contributed by atoms with Crippen molar-refractivity contribution >= 4 is 46.4 Å². The van der Waals surface area contributed by atoms with Crippen molar-refractivity contribution < 1.29 is 4.74 Å². The average molecular weight is 634 g/mol. The van der Waals surface area contributed by atoms with Crippen LogP contribution in [0.2, 0.25) is 20.6 Å². The van der Waals surface area contributed by atoms with E-state index in [4.69, 9.17) is 51.1 Å². The topological polar surface area (TPSA) is 60.8 Å². The maximum atomic E-state index is 6.05. The minimum atomic E-state index is -0.342. The number of aromatic nitrogens is 4. The molecule has 0 spiro atoms. The van der Waals surface area contributed by atoms with E-state index in [1.807, 2.05) is 76.2 Å². The quantitative estimate of drug-likeness (QED) is 0.209. The summed E-state index contributed by atoms with van der Waals surface area (Å²) in [4.78, 5) is 17.4. The van der Waals surface area contributed by atoms with Crippen molar-refractivity contribution in [1.29, 1.82) is 0 Å². The van der Waals surface area contributed by atoms with Crippen LogP contribution in [-0.4, -0.2) is 33.1 Å². The van der Waals surface area contributed by atoms with Gasteiger partial charge in [0, 0.05) is 36.4 Å². The van der Waals surface area contributed by atoms with Crippen LogP contribution in [0.5, 0.6) is 0 Å². The van der Waals surface area contributed by atoms with Gasteiger partial charge in [0.15, 0.2) is 0 Å². The van der Waals surface area contributed by atoms with Gasteiger partial charge in [-0.3, -0.25) is 0 Å². The van der Waals surface area contributed by atoms with Crippen LogP contribution in [0.25, 0.3) is 0 Å². The molecule has 1 aliphatic heterocycles. The Morgan fingerprint density at radius 2 is 0.902 bits per heavy atom. The molecule has 5 nitrogen and oxygen atoms in total. The highest BCUT2D eigenvalue weighted by Gasteiger charge is 2.27. The van der Waals surface area contributed by atoms with Crippen LogP contribution < -0.4 is 0 Å². The first-order valence-corrected chi connectivity index (χ1v) is 15.0. The summed E-state index contributed by atoms with van der Waals surface area (Å²) in [5, 5.41) is 2.03. The molecule has 218 valence electrons. The fourth-order valence-corrected chi connectivity index (χ4v) is 5.37. The van der Waals surface area contributed by atoms with Crippen molar-refractivity contribution in [3.8, 4) is 0 Å². The minimum absolute atomic E-state index is 0.342. The van der Waals surface area contributed by atoms with Crippen LogP contribution in [0, 0.1) is 27.7 Å². The van der Waals surface area contributed by atoms with Gasteiger partial charge in [-0.25, -0.2) is 19.9 Å². The van der Waals surface area contributed by atoms with E-state index < -0.39 is 0 Å². The van der Waals surface area contributed by atoms with Crippen LogP contribution in [0.1, 0.15) is 71.7 Å². The van der Waals surface area contributed by atoms with E-state index in [0.717, 1.165) is 58.2 Å². The monoisotopic (exact) mass is 632 g/mol. The van der Waals surface area contributed by atoms with Gasteiger partial charge in [-0.2, -0.15) is 0 Å². The molecule has 0 bridgehead atoms. The summed E-state index contributed by atoms with van der Waals surface area (Å²) in [6.45, 7) is 14.1. The Balaban J connectivity index is 0.000000193. The lowest BCUT2D eigenvalue weighted by atomic mass is 9.84. The lowest BCUT2D eigenvalue weighted by Gasteiger charge is -2.24. The van der Waals surface area contributed by atoms with Crippen LogP contribution in [0.3, 0.4) is 0 Å². The second kappa shape index (κ2) is 15.3. The molecular formula is C32H36Cl4N4O. The summed E-state index contributed by atoms with van der Waals surface area (Å²) in [6.07, 6.45) is 3.20. The highest BCUT2D eigenvalue weighted by molar-refractivity contribution is 6.30. The minimum Gasteiger partial charge on any atom is -0.381 e. The van der Waals surface area contributed by atoms with Crippen LogP contribution in [0.4, 0.5) is 0 Å². The van der Waals surface area contributed by atoms with Gasteiger partial charge in [0.1, 0.15) is 20.6 Å². The molecule has 9 heteroatoms. The zero-order valence-electron chi connectivity index (χ0n) is 24.4. The number of nitrogens with zero attached hydrogens (tertiary/aromatic N) is 4. The molecule has 1 fully saturated rings. The Morgan fingerprint density at radius 3 is 1.20 bits per heavy atom. The number of aryl methyl sites for hydroxylation is 4. The van der Waals surface area contributed by atoms with E-state index in [1.165, 1.54) is 12.8 Å². The summed E-state index contributed by atoms with van der Waals surface area (Å²) in [7, 11) is 0. The molecule has 0 saturated carbocycles. The summed E-state index contributed by atoms with van der Waals surface area (Å²) in [6, 6.07) is 15.4. The fourth-order valence-electron chi connectivity index (χ4n) is 4.29. The van der Waals surface area contributed by atoms with E-state index in [9.17, 15) is 0 Å². The number of ether oxygens (including phenoxy) is 1. The molecule has 5 heterocycles. The summed E-state index contributed by atoms with van der Waals surface area (Å²) in [5.41, 5.74) is 7.62. The molecule has 0 amide bonds. The molecule has 0 N–H and O–H groups in total. The molecule has 5 rings (SSSR count). The van der Waals surface area contributed by atoms with Gasteiger partial charge < -0.3 is 4.74 Å². The second-order valence-electron chi connectivity index (χ2n) is 10.7. The maximum Gasteiger partial charge on any atom is 0.129 e. The standard InChI is InChI=1S/C15H16Cl2N2.C13H12Cl2N2.C4H8O/c1-9-5-11(18-13(16)7-9)15(3,4)12-6-10(2)8-14(17)19-12;1-8-3-10(16-12(14)5-8)7-11-4-9(2)6-13(15)17-11;1-2-4-5-3-1/h5-8H,1-4H3;3-6H,7H2,1-2H3;1-4H2. The van der Waals surface area contributed by atoms with Gasteiger partial charge in [0.25, 0.3) is 0 Å². The third-order valence-corrected chi connectivity index (χ3v) is 7.10. The van der Waals surface area contributed by atoms with E-state index in [-0.39, 0.29) is 5.41 Å². The normalized spacial score (nSPS) is 12.7. The molecule has 4 aromatic rings. The first-order chi connectivity index (χ1) is 19.3.